The van der Waals surface area contributed by atoms with Gasteiger partial charge >= 0.3 is 0 Å². The molecule has 1 atom stereocenters. The monoisotopic (exact) mass is 420 g/mol. The summed E-state index contributed by atoms with van der Waals surface area (Å²) in [5.74, 6) is 1.31. The summed E-state index contributed by atoms with van der Waals surface area (Å²) in [6.07, 6.45) is 0. The zero-order chi connectivity index (χ0) is 20.9. The molecule has 3 aromatic rings. The van der Waals surface area contributed by atoms with E-state index in [2.05, 4.69) is 0 Å². The van der Waals surface area contributed by atoms with E-state index in [1.54, 1.807) is 28.8 Å². The average Bonchev–Trinajstić information content (AvgIpc) is 3.28. The molecule has 1 unspecified atom stereocenters. The van der Waals surface area contributed by atoms with Crippen molar-refractivity contribution in [1.29, 1.82) is 0 Å². The number of nitro groups is 1. The molecule has 7 heteroatoms. The topological polar surface area (TPSA) is 72.7 Å². The number of hydrogen-bond donors (Lipinski definition) is 0. The lowest BCUT2D eigenvalue weighted by molar-refractivity contribution is -0.384. The van der Waals surface area contributed by atoms with Gasteiger partial charge in [-0.15, -0.1) is 11.8 Å². The van der Waals surface area contributed by atoms with E-state index in [-0.39, 0.29) is 17.0 Å². The molecule has 152 valence electrons. The van der Waals surface area contributed by atoms with Gasteiger partial charge in [-0.2, -0.15) is 0 Å². The lowest BCUT2D eigenvalue weighted by atomic mass is 10.1. The number of carbonyl (C=O) groups is 1. The van der Waals surface area contributed by atoms with Crippen LogP contribution in [0.2, 0.25) is 0 Å². The van der Waals surface area contributed by atoms with Crippen LogP contribution in [-0.2, 0) is 6.61 Å². The van der Waals surface area contributed by atoms with Crippen LogP contribution in [-0.4, -0.2) is 28.0 Å². The van der Waals surface area contributed by atoms with Crippen LogP contribution in [0, 0.1) is 10.1 Å². The van der Waals surface area contributed by atoms with Crippen LogP contribution in [0.15, 0.2) is 78.9 Å². The largest absolute Gasteiger partial charge is 0.489 e. The molecule has 1 heterocycles. The summed E-state index contributed by atoms with van der Waals surface area (Å²) in [5.41, 5.74) is 2.22. The van der Waals surface area contributed by atoms with Crippen molar-refractivity contribution in [3.8, 4) is 5.75 Å². The summed E-state index contributed by atoms with van der Waals surface area (Å²) >= 11 is 1.66. The second-order valence-electron chi connectivity index (χ2n) is 6.84. The van der Waals surface area contributed by atoms with Gasteiger partial charge in [-0.3, -0.25) is 14.9 Å². The van der Waals surface area contributed by atoms with E-state index in [0.29, 0.717) is 18.7 Å². The minimum atomic E-state index is -0.486. The quantitative estimate of drug-likeness (QED) is 0.412. The van der Waals surface area contributed by atoms with Gasteiger partial charge in [0.1, 0.15) is 17.7 Å². The third-order valence-corrected chi connectivity index (χ3v) is 6.12. The SMILES string of the molecule is O=C(c1cccc([N+](=O)[O-])c1)N1CCSC1c1ccccc1OCc1ccccc1. The molecule has 0 aromatic heterocycles. The standard InChI is InChI=1S/C23H20N2O4S/c26-22(18-9-6-10-19(15-18)25(27)28)24-13-14-30-23(24)20-11-4-5-12-21(20)29-16-17-7-2-1-3-8-17/h1-12,15,23H,13-14,16H2. The average molecular weight is 420 g/mol. The zero-order valence-corrected chi connectivity index (χ0v) is 17.0. The molecule has 0 saturated carbocycles. The molecular weight excluding hydrogens is 400 g/mol. The summed E-state index contributed by atoms with van der Waals surface area (Å²) in [4.78, 5) is 25.5. The third-order valence-electron chi connectivity index (χ3n) is 4.88. The number of non-ortho nitro benzene ring substituents is 1. The summed E-state index contributed by atoms with van der Waals surface area (Å²) in [7, 11) is 0. The molecule has 0 aliphatic carbocycles. The fourth-order valence-corrected chi connectivity index (χ4v) is 4.69. The maximum absolute atomic E-state index is 13.1. The van der Waals surface area contributed by atoms with Gasteiger partial charge in [-0.1, -0.05) is 54.6 Å². The Morgan fingerprint density at radius 1 is 1.07 bits per heavy atom. The van der Waals surface area contributed by atoms with Gasteiger partial charge < -0.3 is 9.64 Å². The number of para-hydroxylation sites is 1. The highest BCUT2D eigenvalue weighted by atomic mass is 32.2. The van der Waals surface area contributed by atoms with Crippen LogP contribution in [0.4, 0.5) is 5.69 Å². The molecule has 1 amide bonds. The molecule has 1 aliphatic rings. The molecule has 0 spiro atoms. The predicted octanol–water partition coefficient (Wildman–Crippen LogP) is 5.06. The second-order valence-corrected chi connectivity index (χ2v) is 8.03. The number of amides is 1. The van der Waals surface area contributed by atoms with E-state index < -0.39 is 4.92 Å². The molecular formula is C23H20N2O4S. The van der Waals surface area contributed by atoms with Crippen molar-refractivity contribution in [2.75, 3.05) is 12.3 Å². The van der Waals surface area contributed by atoms with E-state index in [1.165, 1.54) is 12.1 Å². The van der Waals surface area contributed by atoms with Crippen LogP contribution in [0.25, 0.3) is 0 Å². The minimum absolute atomic E-state index is 0.0872. The van der Waals surface area contributed by atoms with Crippen molar-refractivity contribution in [3.05, 3.63) is 106 Å². The Kier molecular flexibility index (Phi) is 5.99. The third kappa shape index (κ3) is 4.31. The fourth-order valence-electron chi connectivity index (χ4n) is 3.41. The molecule has 1 aliphatic heterocycles. The van der Waals surface area contributed by atoms with Gasteiger partial charge in [0.15, 0.2) is 0 Å². The molecule has 3 aromatic carbocycles. The number of ether oxygens (including phenoxy) is 1. The Labute approximate surface area is 178 Å². The maximum Gasteiger partial charge on any atom is 0.270 e. The van der Waals surface area contributed by atoms with Crippen LogP contribution in [0.3, 0.4) is 0 Å². The molecule has 0 radical (unpaired) electrons. The first-order chi connectivity index (χ1) is 14.6. The number of nitrogens with zero attached hydrogens (tertiary/aromatic N) is 2. The first kappa shape index (κ1) is 20.0. The fraction of sp³-hybridized carbons (Fsp3) is 0.174. The molecule has 30 heavy (non-hydrogen) atoms. The van der Waals surface area contributed by atoms with Crippen LogP contribution in [0.5, 0.6) is 5.75 Å². The van der Waals surface area contributed by atoms with Crippen molar-refractivity contribution < 1.29 is 14.5 Å². The van der Waals surface area contributed by atoms with Gasteiger partial charge in [0.2, 0.25) is 0 Å². The van der Waals surface area contributed by atoms with E-state index in [1.807, 2.05) is 54.6 Å². The van der Waals surface area contributed by atoms with Crippen molar-refractivity contribution in [1.82, 2.24) is 4.90 Å². The molecule has 1 fully saturated rings. The summed E-state index contributed by atoms with van der Waals surface area (Å²) < 4.78 is 6.08. The summed E-state index contributed by atoms with van der Waals surface area (Å²) in [6.45, 7) is 1.01. The maximum atomic E-state index is 13.1. The first-order valence-corrected chi connectivity index (χ1v) is 10.6. The highest BCUT2D eigenvalue weighted by molar-refractivity contribution is 7.99. The second kappa shape index (κ2) is 9.00. The van der Waals surface area contributed by atoms with E-state index in [9.17, 15) is 14.9 Å². The smallest absolute Gasteiger partial charge is 0.270 e. The molecule has 4 rings (SSSR count). The number of carbonyl (C=O) groups excluding carboxylic acids is 1. The lowest BCUT2D eigenvalue weighted by Crippen LogP contribution is -2.30. The number of thioether (sulfide) groups is 1. The summed E-state index contributed by atoms with van der Waals surface area (Å²) in [5, 5.41) is 10.9. The highest BCUT2D eigenvalue weighted by Gasteiger charge is 2.33. The van der Waals surface area contributed by atoms with Crippen molar-refractivity contribution >= 4 is 23.4 Å². The number of hydrogen-bond acceptors (Lipinski definition) is 5. The van der Waals surface area contributed by atoms with E-state index >= 15 is 0 Å². The number of benzene rings is 3. The zero-order valence-electron chi connectivity index (χ0n) is 16.1. The Morgan fingerprint density at radius 3 is 2.63 bits per heavy atom. The minimum Gasteiger partial charge on any atom is -0.489 e. The van der Waals surface area contributed by atoms with Gasteiger partial charge in [0.25, 0.3) is 11.6 Å². The van der Waals surface area contributed by atoms with E-state index in [4.69, 9.17) is 4.74 Å². The van der Waals surface area contributed by atoms with Crippen molar-refractivity contribution in [3.63, 3.8) is 0 Å². The molecule has 1 saturated heterocycles. The number of nitro benzene ring substituents is 1. The van der Waals surface area contributed by atoms with Gasteiger partial charge in [-0.25, -0.2) is 0 Å². The lowest BCUT2D eigenvalue weighted by Gasteiger charge is -2.26. The Balaban J connectivity index is 1.57. The molecule has 0 N–H and O–H groups in total. The van der Waals surface area contributed by atoms with Crippen molar-refractivity contribution in [2.45, 2.75) is 12.0 Å². The van der Waals surface area contributed by atoms with Gasteiger partial charge in [-0.05, 0) is 17.7 Å². The van der Waals surface area contributed by atoms with Gasteiger partial charge in [0.05, 0.1) is 4.92 Å². The summed E-state index contributed by atoms with van der Waals surface area (Å²) in [6, 6.07) is 23.5. The van der Waals surface area contributed by atoms with Crippen LogP contribution in [0.1, 0.15) is 26.9 Å². The molecule has 6 nitrogen and oxygen atoms in total. The van der Waals surface area contributed by atoms with Crippen molar-refractivity contribution in [2.24, 2.45) is 0 Å². The predicted molar refractivity (Wildman–Crippen MR) is 117 cm³/mol. The Morgan fingerprint density at radius 2 is 1.83 bits per heavy atom. The van der Waals surface area contributed by atoms with Gasteiger partial charge in [0, 0.05) is 35.6 Å². The van der Waals surface area contributed by atoms with Crippen LogP contribution < -0.4 is 4.74 Å². The van der Waals surface area contributed by atoms with E-state index in [0.717, 1.165) is 22.6 Å². The number of rotatable bonds is 6. The Bertz CT molecular complexity index is 1060. The first-order valence-electron chi connectivity index (χ1n) is 9.56. The molecule has 0 bridgehead atoms. The van der Waals surface area contributed by atoms with Crippen LogP contribution >= 0.6 is 11.8 Å². The highest BCUT2D eigenvalue weighted by Crippen LogP contribution is 2.42. The normalized spacial score (nSPS) is 15.7. The Hall–Kier alpha value is -3.32.